The number of aliphatic hydroxyl groups is 1. The summed E-state index contributed by atoms with van der Waals surface area (Å²) < 4.78 is 11.1. The van der Waals surface area contributed by atoms with Crippen molar-refractivity contribution in [3.05, 3.63) is 30.1 Å². The van der Waals surface area contributed by atoms with Gasteiger partial charge in [-0.05, 0) is 11.6 Å². The Morgan fingerprint density at radius 2 is 2.79 bits per heavy atom. The van der Waals surface area contributed by atoms with Crippen LogP contribution in [0.5, 0.6) is 0 Å². The lowest BCUT2D eigenvalue weighted by atomic mass is 10.3. The number of hydrogen-bond acceptors (Lipinski definition) is 5. The zero-order valence-electron chi connectivity index (χ0n) is 8.77. The van der Waals surface area contributed by atoms with Crippen molar-refractivity contribution in [1.82, 2.24) is 10.3 Å². The lowest BCUT2D eigenvalue weighted by molar-refractivity contribution is -0.152. The molecule has 0 aliphatic rings. The van der Waals surface area contributed by atoms with Gasteiger partial charge in [-0.15, -0.1) is 0 Å². The molecule has 2 N–H and O–H groups in total. The summed E-state index contributed by atoms with van der Waals surface area (Å²) in [5.41, 5.74) is 0.892. The normalized spacial score (nSPS) is 13.1. The van der Waals surface area contributed by atoms with E-state index in [-0.39, 0.29) is 0 Å². The van der Waals surface area contributed by atoms with Crippen molar-refractivity contribution in [2.45, 2.75) is 12.8 Å². The molecular formula is C9H12N2O3. The smallest absolute Gasteiger partial charge is 0.350 e. The number of nitrogens with one attached hydrogen (secondary N) is 1. The van der Waals surface area contributed by atoms with Gasteiger partial charge >= 0.3 is 5.97 Å². The fourth-order valence-corrected chi connectivity index (χ4v) is 0.904. The zero-order chi connectivity index (χ0) is 11.1. The fraction of sp³-hybridized carbons (Fsp3) is 0.333. The molecule has 0 saturated carbocycles. The molecule has 0 aliphatic heterocycles. The predicted octanol–water partition coefficient (Wildman–Crippen LogP) is -0.337. The molecule has 76 valence electrons. The Bertz CT molecular complexity index is 307. The maximum absolute atomic E-state index is 11.0. The Balaban J connectivity index is 2.44. The SMILES string of the molecule is [2H]OC(NCc1cccnc1)C(=O)OC. The maximum atomic E-state index is 11.0. The third-order valence-electron chi connectivity index (χ3n) is 1.63. The standard InChI is InChI=1S/C9H12N2O3/c1-14-9(13)8(12)11-6-7-3-2-4-10-5-7/h2-5,8,11-12H,6H2,1H3/i12D. The van der Waals surface area contributed by atoms with Crippen molar-refractivity contribution in [2.75, 3.05) is 7.11 Å². The van der Waals surface area contributed by atoms with Crippen LogP contribution in [0.25, 0.3) is 0 Å². The van der Waals surface area contributed by atoms with Gasteiger partial charge in [-0.25, -0.2) is 4.79 Å². The van der Waals surface area contributed by atoms with Crippen LogP contribution in [-0.2, 0) is 16.1 Å². The van der Waals surface area contributed by atoms with E-state index in [2.05, 4.69) is 20.1 Å². The Kier molecular flexibility index (Phi) is 3.45. The number of aromatic nitrogens is 1. The van der Waals surface area contributed by atoms with Gasteiger partial charge < -0.3 is 9.85 Å². The lowest BCUT2D eigenvalue weighted by Crippen LogP contribution is -2.36. The van der Waals surface area contributed by atoms with Crippen LogP contribution in [0.2, 0.25) is 0 Å². The van der Waals surface area contributed by atoms with Crippen LogP contribution in [0.1, 0.15) is 5.56 Å². The molecule has 0 aliphatic carbocycles. The number of methoxy groups -OCH3 is 1. The average Bonchev–Trinajstić information content (AvgIpc) is 2.31. The van der Waals surface area contributed by atoms with Crippen LogP contribution in [0.3, 0.4) is 0 Å². The summed E-state index contributed by atoms with van der Waals surface area (Å²) in [5, 5.41) is 6.88. The summed E-state index contributed by atoms with van der Waals surface area (Å²) in [6.07, 6.45) is 2.24. The molecule has 0 saturated heterocycles. The minimum Gasteiger partial charge on any atom is -0.466 e. The summed E-state index contributed by atoms with van der Waals surface area (Å²) in [6, 6.07) is 3.63. The molecule has 1 rings (SSSR count). The molecule has 1 aromatic rings. The van der Waals surface area contributed by atoms with Gasteiger partial charge in [-0.2, -0.15) is 0 Å². The highest BCUT2D eigenvalue weighted by Crippen LogP contribution is 1.95. The molecule has 0 fully saturated rings. The third kappa shape index (κ3) is 3.12. The van der Waals surface area contributed by atoms with Crippen LogP contribution in [0.4, 0.5) is 0 Å². The van der Waals surface area contributed by atoms with E-state index in [0.717, 1.165) is 5.56 Å². The summed E-state index contributed by atoms with van der Waals surface area (Å²) in [6.45, 7) is 0.381. The van der Waals surface area contributed by atoms with Crippen LogP contribution >= 0.6 is 0 Å². The second kappa shape index (κ2) is 5.31. The Labute approximate surface area is 83.2 Å². The molecule has 14 heavy (non-hydrogen) atoms. The summed E-state index contributed by atoms with van der Waals surface area (Å²) in [4.78, 5) is 14.9. The number of ether oxygens (including phenoxy) is 1. The second-order valence-electron chi connectivity index (χ2n) is 2.65. The minimum atomic E-state index is -1.07. The van der Waals surface area contributed by atoms with Gasteiger partial charge in [0, 0.05) is 18.9 Å². The molecule has 0 amide bonds. The van der Waals surface area contributed by atoms with Crippen molar-refractivity contribution in [3.63, 3.8) is 0 Å². The van der Waals surface area contributed by atoms with Crippen molar-refractivity contribution >= 4 is 5.97 Å². The fourth-order valence-electron chi connectivity index (χ4n) is 0.904. The van der Waals surface area contributed by atoms with Gasteiger partial charge in [0.1, 0.15) is 0 Å². The van der Waals surface area contributed by atoms with Gasteiger partial charge in [-0.3, -0.25) is 10.3 Å². The highest BCUT2D eigenvalue weighted by atomic mass is 16.5. The second-order valence-corrected chi connectivity index (χ2v) is 2.65. The first kappa shape index (κ1) is 9.11. The van der Waals surface area contributed by atoms with Crippen LogP contribution in [0, 0.1) is 0 Å². The molecular weight excluding hydrogens is 184 g/mol. The molecule has 0 aromatic carbocycles. The van der Waals surface area contributed by atoms with E-state index >= 15 is 0 Å². The van der Waals surface area contributed by atoms with Gasteiger partial charge in [0.15, 0.2) is 0 Å². The number of hydrogen-bond donors (Lipinski definition) is 2. The van der Waals surface area contributed by atoms with Crippen molar-refractivity contribution < 1.29 is 14.6 Å². The summed E-state index contributed by atoms with van der Waals surface area (Å²) >= 11 is 0. The van der Waals surface area contributed by atoms with E-state index in [4.69, 9.17) is 1.43 Å². The number of aliphatic hydroxyl groups excluding tert-OH is 1. The topological polar surface area (TPSA) is 71.5 Å². The van der Waals surface area contributed by atoms with E-state index in [9.17, 15) is 4.79 Å². The van der Waals surface area contributed by atoms with E-state index in [0.29, 0.717) is 6.54 Å². The molecule has 5 heteroatoms. The molecule has 1 unspecified atom stereocenters. The molecule has 1 atom stereocenters. The van der Waals surface area contributed by atoms with Crippen LogP contribution in [-0.4, -0.2) is 30.8 Å². The van der Waals surface area contributed by atoms with E-state index in [1.807, 2.05) is 6.07 Å². The zero-order valence-corrected chi connectivity index (χ0v) is 7.77. The molecule has 1 aromatic heterocycles. The van der Waals surface area contributed by atoms with Crippen LogP contribution < -0.4 is 5.32 Å². The molecule has 5 nitrogen and oxygen atoms in total. The monoisotopic (exact) mass is 197 g/mol. The minimum absolute atomic E-state index is 0.381. The number of carbonyl (C=O) groups excluding carboxylic acids is 1. The Morgan fingerprint density at radius 3 is 3.36 bits per heavy atom. The van der Waals surface area contributed by atoms with Crippen LogP contribution in [0.15, 0.2) is 24.5 Å². The number of nitrogens with zero attached hydrogens (tertiary/aromatic N) is 1. The summed E-state index contributed by atoms with van der Waals surface area (Å²) in [7, 11) is 1.24. The molecule has 0 bridgehead atoms. The quantitative estimate of drug-likeness (QED) is 0.499. The number of esters is 1. The predicted molar refractivity (Wildman–Crippen MR) is 49.1 cm³/mol. The Morgan fingerprint density at radius 1 is 1.93 bits per heavy atom. The first-order chi connectivity index (χ1) is 7.27. The van der Waals surface area contributed by atoms with E-state index in [1.54, 1.807) is 18.5 Å². The first-order valence-electron chi connectivity index (χ1n) is 4.51. The Hall–Kier alpha value is -1.46. The van der Waals surface area contributed by atoms with Gasteiger partial charge in [0.2, 0.25) is 7.66 Å². The first-order valence-corrected chi connectivity index (χ1v) is 4.10. The third-order valence-corrected chi connectivity index (χ3v) is 1.63. The number of rotatable bonds is 5. The van der Waals surface area contributed by atoms with Gasteiger partial charge in [0.05, 0.1) is 7.11 Å². The van der Waals surface area contributed by atoms with Crippen molar-refractivity contribution in [3.8, 4) is 0 Å². The molecule has 0 radical (unpaired) electrons. The molecule has 1 heterocycles. The van der Waals surface area contributed by atoms with Gasteiger partial charge in [0.25, 0.3) is 0 Å². The largest absolute Gasteiger partial charge is 0.466 e. The van der Waals surface area contributed by atoms with Crippen molar-refractivity contribution in [2.24, 2.45) is 0 Å². The number of carbonyl (C=O) groups is 1. The number of pyridine rings is 1. The van der Waals surface area contributed by atoms with E-state index < -0.39 is 12.2 Å². The van der Waals surface area contributed by atoms with Gasteiger partial charge in [-0.1, -0.05) is 6.07 Å². The average molecular weight is 197 g/mol. The van der Waals surface area contributed by atoms with E-state index in [1.165, 1.54) is 7.11 Å². The lowest BCUT2D eigenvalue weighted by Gasteiger charge is -2.09. The maximum Gasteiger partial charge on any atom is 0.350 e. The summed E-state index contributed by atoms with van der Waals surface area (Å²) in [5.74, 6) is -0.631. The van der Waals surface area contributed by atoms with Crippen molar-refractivity contribution in [1.29, 1.82) is 1.43 Å². The molecule has 0 spiro atoms. The highest BCUT2D eigenvalue weighted by Gasteiger charge is 2.13. The highest BCUT2D eigenvalue weighted by molar-refractivity contribution is 5.73.